The number of hydrogen-bond donors (Lipinski definition) is 2. The van der Waals surface area contributed by atoms with Crippen molar-refractivity contribution in [2.24, 2.45) is 0 Å². The Kier molecular flexibility index (Phi) is 4.70. The lowest BCUT2D eigenvalue weighted by Gasteiger charge is -2.06. The summed E-state index contributed by atoms with van der Waals surface area (Å²) in [6, 6.07) is 20.8. The Morgan fingerprint density at radius 2 is 1.89 bits per heavy atom. The summed E-state index contributed by atoms with van der Waals surface area (Å²) in [5, 5.41) is 17.0. The van der Waals surface area contributed by atoms with E-state index in [1.54, 1.807) is 10.8 Å². The average molecular weight is 378 g/mol. The second kappa shape index (κ2) is 7.30. The quantitative estimate of drug-likeness (QED) is 0.557. The van der Waals surface area contributed by atoms with Crippen LogP contribution < -0.4 is 5.32 Å². The molecule has 0 saturated carbocycles. The summed E-state index contributed by atoms with van der Waals surface area (Å²) in [4.78, 5) is 5.29. The van der Waals surface area contributed by atoms with Crippen LogP contribution in [0.15, 0.2) is 71.6 Å². The highest BCUT2D eigenvalue weighted by Crippen LogP contribution is 2.24. The van der Waals surface area contributed by atoms with Crippen LogP contribution in [0, 0.1) is 0 Å². The summed E-state index contributed by atoms with van der Waals surface area (Å²) >= 11 is 0. The SMILES string of the molecule is CS(=O)c1cccc(-c2cccc3nc(Nc4cccc(CO)c4)nn23)c1. The van der Waals surface area contributed by atoms with Gasteiger partial charge >= 0.3 is 0 Å². The third kappa shape index (κ3) is 3.60. The van der Waals surface area contributed by atoms with Gasteiger partial charge in [0.1, 0.15) is 0 Å². The molecule has 6 nitrogen and oxygen atoms in total. The standard InChI is InChI=1S/C20H18N4O2S/c1-27(26)17-8-3-6-15(12-17)18-9-4-10-19-22-20(23-24(18)19)21-16-7-2-5-14(11-16)13-25/h2-12,25H,13H2,1H3,(H,21,23). The highest BCUT2D eigenvalue weighted by atomic mass is 32.2. The molecule has 2 aromatic carbocycles. The van der Waals surface area contributed by atoms with Crippen LogP contribution in [0.5, 0.6) is 0 Å². The van der Waals surface area contributed by atoms with Gasteiger partial charge in [-0.3, -0.25) is 4.21 Å². The first-order chi connectivity index (χ1) is 13.1. The van der Waals surface area contributed by atoms with Crippen LogP contribution in [-0.4, -0.2) is 30.2 Å². The molecule has 0 aliphatic rings. The molecule has 0 radical (unpaired) electrons. The lowest BCUT2D eigenvalue weighted by Crippen LogP contribution is -1.97. The van der Waals surface area contributed by atoms with E-state index in [1.165, 1.54) is 0 Å². The van der Waals surface area contributed by atoms with E-state index in [0.29, 0.717) is 11.6 Å². The highest BCUT2D eigenvalue weighted by Gasteiger charge is 2.10. The first-order valence-corrected chi connectivity index (χ1v) is 9.96. The molecule has 1 unspecified atom stereocenters. The number of rotatable bonds is 5. The van der Waals surface area contributed by atoms with Gasteiger partial charge in [0.15, 0.2) is 5.65 Å². The number of fused-ring (bicyclic) bond motifs is 1. The molecule has 0 spiro atoms. The van der Waals surface area contributed by atoms with Gasteiger partial charge in [0.2, 0.25) is 5.95 Å². The molecule has 0 bridgehead atoms. The maximum Gasteiger partial charge on any atom is 0.247 e. The largest absolute Gasteiger partial charge is 0.392 e. The first kappa shape index (κ1) is 17.4. The van der Waals surface area contributed by atoms with E-state index < -0.39 is 10.8 Å². The fraction of sp³-hybridized carbons (Fsp3) is 0.100. The second-order valence-electron chi connectivity index (χ2n) is 6.08. The number of aromatic nitrogens is 3. The lowest BCUT2D eigenvalue weighted by atomic mass is 10.1. The van der Waals surface area contributed by atoms with Crippen LogP contribution in [0.4, 0.5) is 11.6 Å². The third-order valence-electron chi connectivity index (χ3n) is 4.19. The number of anilines is 2. The topological polar surface area (TPSA) is 79.5 Å². The summed E-state index contributed by atoms with van der Waals surface area (Å²) in [6.07, 6.45) is 1.66. The van der Waals surface area contributed by atoms with E-state index in [9.17, 15) is 9.32 Å². The molecule has 0 fully saturated rings. The molecule has 2 heterocycles. The molecule has 4 aromatic rings. The Bertz CT molecular complexity index is 1140. The Morgan fingerprint density at radius 3 is 2.70 bits per heavy atom. The number of hydrogen-bond acceptors (Lipinski definition) is 5. The fourth-order valence-electron chi connectivity index (χ4n) is 2.89. The molecular formula is C20H18N4O2S. The van der Waals surface area contributed by atoms with Gasteiger partial charge in [0.25, 0.3) is 0 Å². The van der Waals surface area contributed by atoms with Crippen LogP contribution >= 0.6 is 0 Å². The number of benzene rings is 2. The van der Waals surface area contributed by atoms with Crippen molar-refractivity contribution in [3.8, 4) is 11.3 Å². The molecule has 4 rings (SSSR count). The number of nitrogens with zero attached hydrogens (tertiary/aromatic N) is 3. The minimum atomic E-state index is -1.05. The summed E-state index contributed by atoms with van der Waals surface area (Å²) in [7, 11) is -1.05. The number of aliphatic hydroxyl groups is 1. The van der Waals surface area contributed by atoms with Crippen molar-refractivity contribution in [3.63, 3.8) is 0 Å². The third-order valence-corrected chi connectivity index (χ3v) is 5.10. The predicted molar refractivity (Wildman–Crippen MR) is 106 cm³/mol. The molecule has 7 heteroatoms. The summed E-state index contributed by atoms with van der Waals surface area (Å²) < 4.78 is 13.6. The normalized spacial score (nSPS) is 12.2. The van der Waals surface area contributed by atoms with E-state index >= 15 is 0 Å². The number of nitrogens with one attached hydrogen (secondary N) is 1. The molecule has 0 aliphatic heterocycles. The molecular weight excluding hydrogens is 360 g/mol. The Morgan fingerprint density at radius 1 is 1.07 bits per heavy atom. The van der Waals surface area contributed by atoms with Gasteiger partial charge in [0, 0.05) is 33.2 Å². The van der Waals surface area contributed by atoms with Crippen LogP contribution in [-0.2, 0) is 17.4 Å². The second-order valence-corrected chi connectivity index (χ2v) is 7.46. The van der Waals surface area contributed by atoms with Gasteiger partial charge in [0.05, 0.1) is 12.3 Å². The van der Waals surface area contributed by atoms with E-state index in [-0.39, 0.29) is 6.61 Å². The maximum absolute atomic E-state index is 11.8. The summed E-state index contributed by atoms with van der Waals surface area (Å²) in [5.74, 6) is 0.466. The maximum atomic E-state index is 11.8. The Balaban J connectivity index is 1.74. The Hall–Kier alpha value is -3.03. The van der Waals surface area contributed by atoms with Crippen LogP contribution in [0.2, 0.25) is 0 Å². The Labute approximate surface area is 159 Å². The monoisotopic (exact) mass is 378 g/mol. The van der Waals surface area contributed by atoms with Crippen LogP contribution in [0.25, 0.3) is 16.9 Å². The molecule has 136 valence electrons. The van der Waals surface area contributed by atoms with E-state index in [2.05, 4.69) is 15.4 Å². The van der Waals surface area contributed by atoms with Crippen molar-refractivity contribution >= 4 is 28.1 Å². The van der Waals surface area contributed by atoms with Crippen molar-refractivity contribution in [1.82, 2.24) is 14.6 Å². The molecule has 0 saturated heterocycles. The van der Waals surface area contributed by atoms with Gasteiger partial charge in [-0.25, -0.2) is 4.52 Å². The molecule has 1 atom stereocenters. The zero-order chi connectivity index (χ0) is 18.8. The van der Waals surface area contributed by atoms with Crippen molar-refractivity contribution in [2.45, 2.75) is 11.5 Å². The van der Waals surface area contributed by atoms with E-state index in [1.807, 2.05) is 66.7 Å². The zero-order valence-electron chi connectivity index (χ0n) is 14.7. The van der Waals surface area contributed by atoms with Crippen LogP contribution in [0.1, 0.15) is 5.56 Å². The van der Waals surface area contributed by atoms with Gasteiger partial charge in [-0.1, -0.05) is 30.3 Å². The summed E-state index contributed by atoms with van der Waals surface area (Å²) in [6.45, 7) is -0.0204. The number of aliphatic hydroxyl groups excluding tert-OH is 1. The lowest BCUT2D eigenvalue weighted by molar-refractivity contribution is 0.282. The molecule has 27 heavy (non-hydrogen) atoms. The van der Waals surface area contributed by atoms with Gasteiger partial charge in [-0.05, 0) is 42.0 Å². The fourth-order valence-corrected chi connectivity index (χ4v) is 3.45. The van der Waals surface area contributed by atoms with Gasteiger partial charge < -0.3 is 10.4 Å². The summed E-state index contributed by atoms with van der Waals surface area (Å²) in [5.41, 5.74) is 4.11. The molecule has 0 aliphatic carbocycles. The van der Waals surface area contributed by atoms with E-state index in [4.69, 9.17) is 0 Å². The predicted octanol–water partition coefficient (Wildman–Crippen LogP) is 3.37. The van der Waals surface area contributed by atoms with Crippen molar-refractivity contribution in [2.75, 3.05) is 11.6 Å². The van der Waals surface area contributed by atoms with Gasteiger partial charge in [-0.2, -0.15) is 4.98 Å². The molecule has 2 aromatic heterocycles. The smallest absolute Gasteiger partial charge is 0.247 e. The average Bonchev–Trinajstić information content (AvgIpc) is 3.10. The van der Waals surface area contributed by atoms with E-state index in [0.717, 1.165) is 27.4 Å². The number of pyridine rings is 1. The minimum absolute atomic E-state index is 0.0204. The molecule has 2 N–H and O–H groups in total. The van der Waals surface area contributed by atoms with Gasteiger partial charge in [-0.15, -0.1) is 5.10 Å². The minimum Gasteiger partial charge on any atom is -0.392 e. The van der Waals surface area contributed by atoms with Crippen LogP contribution in [0.3, 0.4) is 0 Å². The highest BCUT2D eigenvalue weighted by molar-refractivity contribution is 7.84. The van der Waals surface area contributed by atoms with Crippen molar-refractivity contribution in [3.05, 3.63) is 72.3 Å². The first-order valence-electron chi connectivity index (χ1n) is 8.40. The molecule has 0 amide bonds. The zero-order valence-corrected chi connectivity index (χ0v) is 15.5. The van der Waals surface area contributed by atoms with Crippen molar-refractivity contribution < 1.29 is 9.32 Å². The van der Waals surface area contributed by atoms with Crippen molar-refractivity contribution in [1.29, 1.82) is 0 Å².